The Morgan fingerprint density at radius 2 is 2.00 bits per heavy atom. The molecule has 0 aliphatic heterocycles. The molecule has 2 aromatic rings. The van der Waals surface area contributed by atoms with Crippen molar-refractivity contribution in [3.63, 3.8) is 0 Å². The minimum absolute atomic E-state index is 0.329. The highest BCUT2D eigenvalue weighted by molar-refractivity contribution is 7.98. The zero-order chi connectivity index (χ0) is 16.5. The molecule has 0 radical (unpaired) electrons. The third-order valence-corrected chi connectivity index (χ3v) is 3.56. The maximum absolute atomic E-state index is 9.35. The summed E-state index contributed by atoms with van der Waals surface area (Å²) in [5.74, 6) is 2.92. The minimum atomic E-state index is 0.329. The summed E-state index contributed by atoms with van der Waals surface area (Å²) in [6, 6.07) is 10.7. The van der Waals surface area contributed by atoms with E-state index in [1.54, 1.807) is 61.5 Å². The molecular weight excluding hydrogens is 314 g/mol. The number of benzene rings is 1. The Morgan fingerprint density at radius 1 is 1.26 bits per heavy atom. The van der Waals surface area contributed by atoms with Crippen LogP contribution >= 0.6 is 11.8 Å². The van der Waals surface area contributed by atoms with E-state index in [1.807, 2.05) is 6.26 Å². The normalized spacial score (nSPS) is 11.2. The molecule has 7 heteroatoms. The number of ether oxygens (including phenoxy) is 2. The van der Waals surface area contributed by atoms with Gasteiger partial charge in [-0.15, -0.1) is 0 Å². The second-order valence-electron chi connectivity index (χ2n) is 4.47. The Hall–Kier alpha value is -2.25. The summed E-state index contributed by atoms with van der Waals surface area (Å²) in [5, 5.41) is 9.35. The summed E-state index contributed by atoms with van der Waals surface area (Å²) in [7, 11) is 1.61. The van der Waals surface area contributed by atoms with Gasteiger partial charge in [0.15, 0.2) is 5.84 Å². The topological polar surface area (TPSA) is 76.0 Å². The van der Waals surface area contributed by atoms with E-state index in [-0.39, 0.29) is 0 Å². The van der Waals surface area contributed by atoms with Crippen LogP contribution in [0.3, 0.4) is 0 Å². The van der Waals surface area contributed by atoms with Gasteiger partial charge >= 0.3 is 0 Å². The fourth-order valence-electron chi connectivity index (χ4n) is 1.84. The van der Waals surface area contributed by atoms with Gasteiger partial charge < -0.3 is 9.47 Å². The molecule has 0 spiro atoms. The molecule has 0 atom stereocenters. The van der Waals surface area contributed by atoms with Crippen LogP contribution in [0.1, 0.15) is 5.56 Å². The number of hydrogen-bond acceptors (Lipinski definition) is 6. The average molecular weight is 333 g/mol. The van der Waals surface area contributed by atoms with E-state index in [1.165, 1.54) is 0 Å². The maximum Gasteiger partial charge on any atom is 0.230 e. The van der Waals surface area contributed by atoms with Gasteiger partial charge in [-0.1, -0.05) is 0 Å². The molecule has 0 amide bonds. The number of rotatable bonds is 7. The molecule has 0 saturated heterocycles. The first-order valence-corrected chi connectivity index (χ1v) is 8.38. The lowest BCUT2D eigenvalue weighted by Crippen LogP contribution is -2.22. The molecule has 1 aromatic heterocycles. The van der Waals surface area contributed by atoms with Gasteiger partial charge in [0.25, 0.3) is 0 Å². The molecule has 0 aliphatic rings. The van der Waals surface area contributed by atoms with Crippen LogP contribution in [0.25, 0.3) is 0 Å². The Morgan fingerprint density at radius 3 is 2.65 bits per heavy atom. The van der Waals surface area contributed by atoms with E-state index < -0.39 is 0 Å². The summed E-state index contributed by atoms with van der Waals surface area (Å²) in [6.45, 7) is 0.584. The van der Waals surface area contributed by atoms with E-state index >= 15 is 0 Å². The first-order chi connectivity index (χ1) is 11.3. The van der Waals surface area contributed by atoms with E-state index in [2.05, 4.69) is 15.5 Å². The van der Waals surface area contributed by atoms with Gasteiger partial charge in [-0.05, 0) is 42.7 Å². The Bertz CT molecular complexity index is 647. The van der Waals surface area contributed by atoms with Crippen molar-refractivity contribution >= 4 is 17.6 Å². The van der Waals surface area contributed by atoms with Gasteiger partial charge in [0.05, 0.1) is 19.2 Å². The minimum Gasteiger partial charge on any atom is -0.497 e. The second kappa shape index (κ2) is 9.02. The molecule has 0 aliphatic carbocycles. The van der Waals surface area contributed by atoms with Crippen LogP contribution < -0.4 is 15.0 Å². The van der Waals surface area contributed by atoms with Crippen molar-refractivity contribution < 1.29 is 14.7 Å². The van der Waals surface area contributed by atoms with Gasteiger partial charge in [-0.25, -0.2) is 4.98 Å². The number of aliphatic imine (C=N–C) groups is 1. The monoisotopic (exact) mass is 333 g/mol. The predicted octanol–water partition coefficient (Wildman–Crippen LogP) is 2.97. The molecule has 122 valence electrons. The Balaban J connectivity index is 2.23. The first-order valence-electron chi connectivity index (χ1n) is 6.99. The molecule has 0 saturated carbocycles. The number of amidine groups is 1. The number of nitrogens with one attached hydrogen (secondary N) is 1. The average Bonchev–Trinajstić information content (AvgIpc) is 2.60. The van der Waals surface area contributed by atoms with Crippen molar-refractivity contribution in [3.8, 4) is 17.4 Å². The molecule has 0 unspecified atom stereocenters. The first kappa shape index (κ1) is 17.1. The number of thioether (sulfide) groups is 1. The third-order valence-electron chi connectivity index (χ3n) is 2.97. The van der Waals surface area contributed by atoms with E-state index in [0.29, 0.717) is 29.6 Å². The Labute approximate surface area is 139 Å². The highest BCUT2D eigenvalue weighted by atomic mass is 32.2. The second-order valence-corrected chi connectivity index (χ2v) is 5.45. The summed E-state index contributed by atoms with van der Waals surface area (Å²) < 4.78 is 10.9. The fraction of sp³-hybridized carbons (Fsp3) is 0.250. The maximum atomic E-state index is 9.35. The van der Waals surface area contributed by atoms with Gasteiger partial charge in [0, 0.05) is 11.9 Å². The van der Waals surface area contributed by atoms with Crippen LogP contribution in [0.4, 0.5) is 0 Å². The fourth-order valence-corrected chi connectivity index (χ4v) is 2.11. The largest absolute Gasteiger partial charge is 0.497 e. The highest BCUT2D eigenvalue weighted by Gasteiger charge is 2.12. The lowest BCUT2D eigenvalue weighted by Gasteiger charge is -2.11. The lowest BCUT2D eigenvalue weighted by atomic mass is 10.2. The zero-order valence-corrected chi connectivity index (χ0v) is 13.8. The quantitative estimate of drug-likeness (QED) is 0.351. The number of hydroxylamine groups is 1. The van der Waals surface area contributed by atoms with Crippen LogP contribution in [-0.2, 0) is 0 Å². The summed E-state index contributed by atoms with van der Waals surface area (Å²) in [5.41, 5.74) is 2.71. The van der Waals surface area contributed by atoms with Gasteiger partial charge in [-0.3, -0.25) is 15.7 Å². The van der Waals surface area contributed by atoms with Crippen LogP contribution in [0.2, 0.25) is 0 Å². The van der Waals surface area contributed by atoms with E-state index in [4.69, 9.17) is 9.47 Å². The van der Waals surface area contributed by atoms with Crippen molar-refractivity contribution in [3.05, 3.63) is 48.2 Å². The van der Waals surface area contributed by atoms with Crippen molar-refractivity contribution in [2.45, 2.75) is 0 Å². The van der Waals surface area contributed by atoms with E-state index in [0.717, 1.165) is 11.5 Å². The smallest absolute Gasteiger partial charge is 0.230 e. The molecule has 0 bridgehead atoms. The molecule has 2 rings (SSSR count). The molecule has 23 heavy (non-hydrogen) atoms. The van der Waals surface area contributed by atoms with Crippen LogP contribution in [-0.4, -0.2) is 41.7 Å². The number of hydrogen-bond donors (Lipinski definition) is 2. The summed E-state index contributed by atoms with van der Waals surface area (Å²) in [6.07, 6.45) is 3.63. The van der Waals surface area contributed by atoms with Crippen molar-refractivity contribution in [1.82, 2.24) is 10.5 Å². The van der Waals surface area contributed by atoms with Crippen molar-refractivity contribution in [1.29, 1.82) is 0 Å². The van der Waals surface area contributed by atoms with Gasteiger partial charge in [0.2, 0.25) is 5.88 Å². The molecular formula is C16H19N3O3S. The molecule has 6 nitrogen and oxygen atoms in total. The SMILES string of the molecule is COc1ccc(Oc2ncccc2C(=NCCSC)NO)cc1. The van der Waals surface area contributed by atoms with Crippen LogP contribution in [0, 0.1) is 0 Å². The number of methoxy groups -OCH3 is 1. The van der Waals surface area contributed by atoms with Crippen LogP contribution in [0.5, 0.6) is 17.4 Å². The van der Waals surface area contributed by atoms with Gasteiger partial charge in [0.1, 0.15) is 11.5 Å². The van der Waals surface area contributed by atoms with Crippen molar-refractivity contribution in [2.24, 2.45) is 4.99 Å². The molecule has 1 heterocycles. The number of pyridine rings is 1. The number of nitrogens with zero attached hydrogens (tertiary/aromatic N) is 2. The number of aromatic nitrogens is 1. The van der Waals surface area contributed by atoms with Crippen molar-refractivity contribution in [2.75, 3.05) is 25.7 Å². The summed E-state index contributed by atoms with van der Waals surface area (Å²) >= 11 is 1.68. The summed E-state index contributed by atoms with van der Waals surface area (Å²) in [4.78, 5) is 8.55. The molecule has 2 N–H and O–H groups in total. The third kappa shape index (κ3) is 4.87. The van der Waals surface area contributed by atoms with Crippen LogP contribution in [0.15, 0.2) is 47.6 Å². The molecule has 0 fully saturated rings. The zero-order valence-electron chi connectivity index (χ0n) is 13.0. The molecule has 1 aromatic carbocycles. The van der Waals surface area contributed by atoms with Gasteiger partial charge in [-0.2, -0.15) is 11.8 Å². The predicted molar refractivity (Wildman–Crippen MR) is 92.0 cm³/mol. The van der Waals surface area contributed by atoms with E-state index in [9.17, 15) is 5.21 Å². The highest BCUT2D eigenvalue weighted by Crippen LogP contribution is 2.25. The lowest BCUT2D eigenvalue weighted by molar-refractivity contribution is 0.234. The standard InChI is InChI=1S/C16H19N3O3S/c1-21-12-5-7-13(8-6-12)22-16-14(4-3-9-18-16)15(19-20)17-10-11-23-2/h3-9,20H,10-11H2,1-2H3,(H,17,19). The Kier molecular flexibility index (Phi) is 6.71.